The summed E-state index contributed by atoms with van der Waals surface area (Å²) in [5.74, 6) is -1.52. The highest BCUT2D eigenvalue weighted by Gasteiger charge is 2.24. The second-order valence-corrected chi connectivity index (χ2v) is 4.91. The van der Waals surface area contributed by atoms with Crippen LogP contribution in [0.1, 0.15) is 34.7 Å². The molecule has 0 saturated heterocycles. The Kier molecular flexibility index (Phi) is 3.03. The highest BCUT2D eigenvalue weighted by atomic mass is 16.4. The van der Waals surface area contributed by atoms with Gasteiger partial charge in [-0.15, -0.1) is 0 Å². The molecule has 1 atom stereocenters. The van der Waals surface area contributed by atoms with Gasteiger partial charge in [-0.3, -0.25) is 9.78 Å². The quantitative estimate of drug-likeness (QED) is 0.915. The van der Waals surface area contributed by atoms with Crippen LogP contribution in [-0.2, 0) is 17.6 Å². The highest BCUT2D eigenvalue weighted by Crippen LogP contribution is 2.29. The summed E-state index contributed by atoms with van der Waals surface area (Å²) in [6, 6.07) is 11.4. The lowest BCUT2D eigenvalue weighted by Crippen LogP contribution is -2.14. The molecule has 0 bridgehead atoms. The zero-order chi connectivity index (χ0) is 13.2. The van der Waals surface area contributed by atoms with Gasteiger partial charge in [0, 0.05) is 6.20 Å². The molecule has 1 N–H and O–H groups in total. The lowest BCUT2D eigenvalue weighted by atomic mass is 9.92. The standard InChI is InChI=1S/C16H15NO2/c18-16(19)15(14-6-1-2-9-17-14)13-8-7-11-4-3-5-12(11)10-13/h1-2,6-10,15H,3-5H2,(H,18,19). The molecule has 0 radical (unpaired) electrons. The van der Waals surface area contributed by atoms with Gasteiger partial charge < -0.3 is 5.11 Å². The fraction of sp³-hybridized carbons (Fsp3) is 0.250. The van der Waals surface area contributed by atoms with E-state index in [4.69, 9.17) is 0 Å². The molecule has 1 heterocycles. The number of aryl methyl sites for hydroxylation is 2. The van der Waals surface area contributed by atoms with Crippen molar-refractivity contribution in [2.24, 2.45) is 0 Å². The summed E-state index contributed by atoms with van der Waals surface area (Å²) in [7, 11) is 0. The second-order valence-electron chi connectivity index (χ2n) is 4.91. The molecule has 2 aromatic rings. The molecule has 0 saturated carbocycles. The first kappa shape index (κ1) is 11.9. The van der Waals surface area contributed by atoms with Crippen molar-refractivity contribution in [1.82, 2.24) is 4.98 Å². The van der Waals surface area contributed by atoms with Crippen molar-refractivity contribution in [2.75, 3.05) is 0 Å². The van der Waals surface area contributed by atoms with E-state index in [1.54, 1.807) is 18.3 Å². The number of nitrogens with zero attached hydrogens (tertiary/aromatic N) is 1. The third kappa shape index (κ3) is 2.24. The summed E-state index contributed by atoms with van der Waals surface area (Å²) in [5, 5.41) is 9.49. The second kappa shape index (κ2) is 4.84. The summed E-state index contributed by atoms with van der Waals surface area (Å²) in [5.41, 5.74) is 4.06. The van der Waals surface area contributed by atoms with Crippen LogP contribution >= 0.6 is 0 Å². The Morgan fingerprint density at radius 1 is 1.16 bits per heavy atom. The molecule has 1 unspecified atom stereocenters. The topological polar surface area (TPSA) is 50.2 Å². The number of benzene rings is 1. The predicted octanol–water partition coefficient (Wildman–Crippen LogP) is 2.79. The Morgan fingerprint density at radius 3 is 2.74 bits per heavy atom. The monoisotopic (exact) mass is 253 g/mol. The summed E-state index contributed by atoms with van der Waals surface area (Å²) in [4.78, 5) is 15.7. The molecule has 0 amide bonds. The van der Waals surface area contributed by atoms with E-state index in [-0.39, 0.29) is 0 Å². The van der Waals surface area contributed by atoms with E-state index in [9.17, 15) is 9.90 Å². The molecule has 3 nitrogen and oxygen atoms in total. The van der Waals surface area contributed by atoms with Crippen LogP contribution in [0.3, 0.4) is 0 Å². The minimum Gasteiger partial charge on any atom is -0.480 e. The van der Waals surface area contributed by atoms with Crippen molar-refractivity contribution >= 4 is 5.97 Å². The molecule has 0 spiro atoms. The van der Waals surface area contributed by atoms with E-state index in [2.05, 4.69) is 11.1 Å². The number of hydrogen-bond donors (Lipinski definition) is 1. The summed E-state index contributed by atoms with van der Waals surface area (Å²) in [6.07, 6.45) is 4.97. The molecule has 1 aromatic carbocycles. The Labute approximate surface area is 111 Å². The fourth-order valence-electron chi connectivity index (χ4n) is 2.76. The summed E-state index contributed by atoms with van der Waals surface area (Å²) < 4.78 is 0. The van der Waals surface area contributed by atoms with Crippen LogP contribution in [0.5, 0.6) is 0 Å². The van der Waals surface area contributed by atoms with Crippen LogP contribution in [0.15, 0.2) is 42.6 Å². The van der Waals surface area contributed by atoms with Gasteiger partial charge in [0.2, 0.25) is 0 Å². The number of pyridine rings is 1. The Morgan fingerprint density at radius 2 is 2.00 bits per heavy atom. The SMILES string of the molecule is O=C(O)C(c1ccc2c(c1)CCC2)c1ccccn1. The largest absolute Gasteiger partial charge is 0.480 e. The van der Waals surface area contributed by atoms with Crippen molar-refractivity contribution < 1.29 is 9.90 Å². The average Bonchev–Trinajstić information content (AvgIpc) is 2.87. The van der Waals surface area contributed by atoms with Gasteiger partial charge in [-0.05, 0) is 48.1 Å². The van der Waals surface area contributed by atoms with Crippen LogP contribution in [0, 0.1) is 0 Å². The van der Waals surface area contributed by atoms with E-state index in [1.807, 2.05) is 18.2 Å². The number of rotatable bonds is 3. The molecular weight excluding hydrogens is 238 g/mol. The molecule has 3 rings (SSSR count). The molecule has 96 valence electrons. The van der Waals surface area contributed by atoms with Gasteiger partial charge in [0.15, 0.2) is 0 Å². The van der Waals surface area contributed by atoms with Crippen molar-refractivity contribution in [3.05, 3.63) is 65.0 Å². The smallest absolute Gasteiger partial charge is 0.317 e. The number of fused-ring (bicyclic) bond motifs is 1. The maximum atomic E-state index is 11.6. The zero-order valence-electron chi connectivity index (χ0n) is 10.5. The van der Waals surface area contributed by atoms with Gasteiger partial charge in [-0.25, -0.2) is 0 Å². The van der Waals surface area contributed by atoms with E-state index in [1.165, 1.54) is 17.5 Å². The first-order valence-corrected chi connectivity index (χ1v) is 6.51. The Bertz CT molecular complexity index is 607. The molecule has 3 heteroatoms. The maximum Gasteiger partial charge on any atom is 0.317 e. The Balaban J connectivity index is 2.04. The van der Waals surface area contributed by atoms with E-state index in [0.29, 0.717) is 5.69 Å². The summed E-state index contributed by atoms with van der Waals surface area (Å²) in [6.45, 7) is 0. The van der Waals surface area contributed by atoms with Gasteiger partial charge in [0.1, 0.15) is 5.92 Å². The molecule has 1 aromatic heterocycles. The number of carboxylic acids is 1. The highest BCUT2D eigenvalue weighted by molar-refractivity contribution is 5.79. The molecule has 1 aliphatic rings. The Hall–Kier alpha value is -2.16. The van der Waals surface area contributed by atoms with Gasteiger partial charge in [-0.2, -0.15) is 0 Å². The van der Waals surface area contributed by atoms with Crippen LogP contribution in [0.25, 0.3) is 0 Å². The molecular formula is C16H15NO2. The van der Waals surface area contributed by atoms with Crippen LogP contribution < -0.4 is 0 Å². The number of aliphatic carboxylic acids is 1. The normalized spacial score (nSPS) is 14.9. The van der Waals surface area contributed by atoms with Crippen molar-refractivity contribution in [3.63, 3.8) is 0 Å². The minimum absolute atomic E-state index is 0.591. The van der Waals surface area contributed by atoms with Crippen LogP contribution in [-0.4, -0.2) is 16.1 Å². The fourth-order valence-corrected chi connectivity index (χ4v) is 2.76. The van der Waals surface area contributed by atoms with Crippen LogP contribution in [0.2, 0.25) is 0 Å². The lowest BCUT2D eigenvalue weighted by Gasteiger charge is -2.13. The maximum absolute atomic E-state index is 11.6. The van der Waals surface area contributed by atoms with E-state index in [0.717, 1.165) is 18.4 Å². The van der Waals surface area contributed by atoms with E-state index < -0.39 is 11.9 Å². The molecule has 0 fully saturated rings. The third-order valence-electron chi connectivity index (χ3n) is 3.69. The molecule has 1 aliphatic carbocycles. The van der Waals surface area contributed by atoms with Gasteiger partial charge in [0.05, 0.1) is 5.69 Å². The van der Waals surface area contributed by atoms with Crippen LogP contribution in [0.4, 0.5) is 0 Å². The van der Waals surface area contributed by atoms with Crippen molar-refractivity contribution in [3.8, 4) is 0 Å². The predicted molar refractivity (Wildman–Crippen MR) is 72.2 cm³/mol. The van der Waals surface area contributed by atoms with Gasteiger partial charge >= 0.3 is 5.97 Å². The number of hydrogen-bond acceptors (Lipinski definition) is 2. The first-order chi connectivity index (χ1) is 9.25. The number of carbonyl (C=O) groups is 1. The van der Waals surface area contributed by atoms with Crippen molar-refractivity contribution in [1.29, 1.82) is 0 Å². The third-order valence-corrected chi connectivity index (χ3v) is 3.69. The van der Waals surface area contributed by atoms with E-state index >= 15 is 0 Å². The van der Waals surface area contributed by atoms with Gasteiger partial charge in [-0.1, -0.05) is 24.3 Å². The number of carboxylic acid groups (broad SMARTS) is 1. The zero-order valence-corrected chi connectivity index (χ0v) is 10.5. The molecule has 0 aliphatic heterocycles. The first-order valence-electron chi connectivity index (χ1n) is 6.51. The summed E-state index contributed by atoms with van der Waals surface area (Å²) >= 11 is 0. The van der Waals surface area contributed by atoms with Gasteiger partial charge in [0.25, 0.3) is 0 Å². The average molecular weight is 253 g/mol. The minimum atomic E-state index is -0.850. The molecule has 19 heavy (non-hydrogen) atoms. The number of aromatic nitrogens is 1. The lowest BCUT2D eigenvalue weighted by molar-refractivity contribution is -0.137. The van der Waals surface area contributed by atoms with Crippen molar-refractivity contribution in [2.45, 2.75) is 25.2 Å².